The molecule has 0 saturated heterocycles. The summed E-state index contributed by atoms with van der Waals surface area (Å²) in [6, 6.07) is 0. The van der Waals surface area contributed by atoms with Crippen molar-refractivity contribution in [2.75, 3.05) is 26.8 Å². The minimum Gasteiger partial charge on any atom is -0.385 e. The number of ether oxygens (including phenoxy) is 1. The maximum atomic E-state index is 4.98. The van der Waals surface area contributed by atoms with Crippen LogP contribution in [-0.2, 0) is 4.74 Å². The quantitative estimate of drug-likeness (QED) is 0.408. The third kappa shape index (κ3) is 11.7. The van der Waals surface area contributed by atoms with Crippen LogP contribution in [0.15, 0.2) is 12.7 Å². The Kier molecular flexibility index (Phi) is 12.4. The zero-order chi connectivity index (χ0) is 10.5. The first-order chi connectivity index (χ1) is 6.91. The maximum Gasteiger partial charge on any atom is 0.0462 e. The molecule has 0 aliphatic rings. The molecule has 0 atom stereocenters. The Hall–Kier alpha value is -0.340. The molecule has 0 spiro atoms. The Morgan fingerprint density at radius 1 is 1.07 bits per heavy atom. The van der Waals surface area contributed by atoms with Gasteiger partial charge in [0, 0.05) is 13.7 Å². The lowest BCUT2D eigenvalue weighted by Crippen LogP contribution is -2.16. The van der Waals surface area contributed by atoms with Gasteiger partial charge in [0.15, 0.2) is 0 Å². The van der Waals surface area contributed by atoms with Crippen molar-refractivity contribution in [2.24, 2.45) is 0 Å². The molecule has 0 aromatic carbocycles. The summed E-state index contributed by atoms with van der Waals surface area (Å²) in [5.74, 6) is 0. The first-order valence-electron chi connectivity index (χ1n) is 5.72. The van der Waals surface area contributed by atoms with Gasteiger partial charge >= 0.3 is 0 Å². The summed E-state index contributed by atoms with van der Waals surface area (Å²) >= 11 is 0. The number of nitrogens with one attached hydrogen (secondary N) is 1. The van der Waals surface area contributed by atoms with Gasteiger partial charge in [-0.1, -0.05) is 12.5 Å². The van der Waals surface area contributed by atoms with Gasteiger partial charge in [0.1, 0.15) is 0 Å². The molecule has 0 heterocycles. The normalized spacial score (nSPS) is 10.4. The molecule has 14 heavy (non-hydrogen) atoms. The molecule has 0 fully saturated rings. The van der Waals surface area contributed by atoms with Crippen LogP contribution in [0.2, 0.25) is 0 Å². The summed E-state index contributed by atoms with van der Waals surface area (Å²) in [4.78, 5) is 0. The van der Waals surface area contributed by atoms with Crippen LogP contribution < -0.4 is 5.32 Å². The monoisotopic (exact) mass is 199 g/mol. The van der Waals surface area contributed by atoms with E-state index in [-0.39, 0.29) is 0 Å². The van der Waals surface area contributed by atoms with Gasteiger partial charge in [-0.2, -0.15) is 0 Å². The first kappa shape index (κ1) is 13.7. The van der Waals surface area contributed by atoms with Gasteiger partial charge in [-0.25, -0.2) is 0 Å². The van der Waals surface area contributed by atoms with Crippen LogP contribution in [-0.4, -0.2) is 26.8 Å². The highest BCUT2D eigenvalue weighted by atomic mass is 16.5. The van der Waals surface area contributed by atoms with E-state index in [0.29, 0.717) is 0 Å². The minimum atomic E-state index is 0.890. The van der Waals surface area contributed by atoms with Crippen LogP contribution in [0.3, 0.4) is 0 Å². The average Bonchev–Trinajstić information content (AvgIpc) is 2.21. The second-order valence-corrected chi connectivity index (χ2v) is 3.59. The third-order valence-corrected chi connectivity index (χ3v) is 2.21. The van der Waals surface area contributed by atoms with E-state index in [4.69, 9.17) is 4.74 Å². The second kappa shape index (κ2) is 12.7. The molecule has 0 aliphatic heterocycles. The van der Waals surface area contributed by atoms with Crippen LogP contribution >= 0.6 is 0 Å². The Morgan fingerprint density at radius 2 is 1.79 bits per heavy atom. The van der Waals surface area contributed by atoms with Crippen LogP contribution in [0.1, 0.15) is 38.5 Å². The fourth-order valence-corrected chi connectivity index (χ4v) is 1.34. The van der Waals surface area contributed by atoms with Crippen molar-refractivity contribution in [2.45, 2.75) is 38.5 Å². The number of rotatable bonds is 11. The smallest absolute Gasteiger partial charge is 0.0462 e. The van der Waals surface area contributed by atoms with E-state index in [0.717, 1.165) is 26.1 Å². The molecule has 0 saturated carbocycles. The minimum absolute atomic E-state index is 0.890. The van der Waals surface area contributed by atoms with E-state index in [1.54, 1.807) is 7.11 Å². The van der Waals surface area contributed by atoms with Crippen molar-refractivity contribution >= 4 is 0 Å². The zero-order valence-corrected chi connectivity index (χ0v) is 9.56. The maximum absolute atomic E-state index is 4.98. The van der Waals surface area contributed by atoms with Crippen LogP contribution in [0, 0.1) is 0 Å². The summed E-state index contributed by atoms with van der Waals surface area (Å²) in [7, 11) is 1.76. The molecule has 1 N–H and O–H groups in total. The van der Waals surface area contributed by atoms with Crippen molar-refractivity contribution in [3.8, 4) is 0 Å². The largest absolute Gasteiger partial charge is 0.385 e. The van der Waals surface area contributed by atoms with E-state index in [2.05, 4.69) is 11.9 Å². The molecule has 0 aromatic rings. The van der Waals surface area contributed by atoms with Crippen molar-refractivity contribution < 1.29 is 4.74 Å². The SMILES string of the molecule is C=CCCCCCNCCCCOC. The summed E-state index contributed by atoms with van der Waals surface area (Å²) in [6.45, 7) is 6.89. The Balaban J connectivity index is 2.81. The topological polar surface area (TPSA) is 21.3 Å². The van der Waals surface area contributed by atoms with Crippen molar-refractivity contribution in [3.05, 3.63) is 12.7 Å². The number of hydrogen-bond donors (Lipinski definition) is 1. The molecule has 0 amide bonds. The summed E-state index contributed by atoms with van der Waals surface area (Å²) in [5.41, 5.74) is 0. The molecular formula is C12H25NO. The van der Waals surface area contributed by atoms with Gasteiger partial charge in [-0.15, -0.1) is 6.58 Å². The van der Waals surface area contributed by atoms with Gasteiger partial charge in [0.05, 0.1) is 0 Å². The third-order valence-electron chi connectivity index (χ3n) is 2.21. The lowest BCUT2D eigenvalue weighted by Gasteiger charge is -2.03. The summed E-state index contributed by atoms with van der Waals surface area (Å²) in [6.07, 6.45) is 9.44. The lowest BCUT2D eigenvalue weighted by atomic mass is 10.2. The van der Waals surface area contributed by atoms with Gasteiger partial charge in [-0.3, -0.25) is 0 Å². The predicted octanol–water partition coefficient (Wildman–Crippen LogP) is 2.75. The Morgan fingerprint density at radius 3 is 2.43 bits per heavy atom. The fourth-order valence-electron chi connectivity index (χ4n) is 1.34. The molecular weight excluding hydrogens is 174 g/mol. The molecule has 0 aromatic heterocycles. The number of hydrogen-bond acceptors (Lipinski definition) is 2. The Bertz CT molecular complexity index is 115. The van der Waals surface area contributed by atoms with E-state index < -0.39 is 0 Å². The molecule has 2 nitrogen and oxygen atoms in total. The molecule has 0 radical (unpaired) electrons. The number of unbranched alkanes of at least 4 members (excludes halogenated alkanes) is 4. The first-order valence-corrected chi connectivity index (χ1v) is 5.72. The Labute approximate surface area is 88.7 Å². The van der Waals surface area contributed by atoms with E-state index in [1.165, 1.54) is 32.1 Å². The van der Waals surface area contributed by atoms with E-state index in [9.17, 15) is 0 Å². The van der Waals surface area contributed by atoms with Crippen molar-refractivity contribution in [1.29, 1.82) is 0 Å². The zero-order valence-electron chi connectivity index (χ0n) is 9.56. The van der Waals surface area contributed by atoms with E-state index in [1.807, 2.05) is 6.08 Å². The van der Waals surface area contributed by atoms with Crippen molar-refractivity contribution in [1.82, 2.24) is 5.32 Å². The summed E-state index contributed by atoms with van der Waals surface area (Å²) in [5, 5.41) is 3.44. The average molecular weight is 199 g/mol. The van der Waals surface area contributed by atoms with Crippen molar-refractivity contribution in [3.63, 3.8) is 0 Å². The fraction of sp³-hybridized carbons (Fsp3) is 0.833. The van der Waals surface area contributed by atoms with Gasteiger partial charge in [0.2, 0.25) is 0 Å². The molecule has 0 rings (SSSR count). The molecule has 84 valence electrons. The lowest BCUT2D eigenvalue weighted by molar-refractivity contribution is 0.192. The molecule has 0 bridgehead atoms. The van der Waals surface area contributed by atoms with E-state index >= 15 is 0 Å². The van der Waals surface area contributed by atoms with Crippen LogP contribution in [0.5, 0.6) is 0 Å². The van der Waals surface area contributed by atoms with Crippen LogP contribution in [0.25, 0.3) is 0 Å². The van der Waals surface area contributed by atoms with Crippen LogP contribution in [0.4, 0.5) is 0 Å². The highest BCUT2D eigenvalue weighted by molar-refractivity contribution is 4.65. The number of allylic oxidation sites excluding steroid dienone is 1. The standard InChI is InChI=1S/C12H25NO/c1-3-4-5-6-7-10-13-11-8-9-12-14-2/h3,13H,1,4-12H2,2H3. The highest BCUT2D eigenvalue weighted by Gasteiger charge is 1.89. The highest BCUT2D eigenvalue weighted by Crippen LogP contribution is 1.98. The van der Waals surface area contributed by atoms with Gasteiger partial charge in [-0.05, 0) is 45.2 Å². The molecule has 0 unspecified atom stereocenters. The summed E-state index contributed by atoms with van der Waals surface area (Å²) < 4.78 is 4.98. The van der Waals surface area contributed by atoms with Gasteiger partial charge in [0.25, 0.3) is 0 Å². The molecule has 0 aliphatic carbocycles. The second-order valence-electron chi connectivity index (χ2n) is 3.59. The van der Waals surface area contributed by atoms with Gasteiger partial charge < -0.3 is 10.1 Å². The molecule has 2 heteroatoms. The number of methoxy groups -OCH3 is 1. The predicted molar refractivity (Wildman–Crippen MR) is 62.6 cm³/mol.